The molecule has 0 bridgehead atoms. The maximum Gasteiger partial charge on any atom is 0.131 e. The molecule has 0 radical (unpaired) electrons. The Labute approximate surface area is 192 Å². The maximum atomic E-state index is 14.9. The molecular formula is C27H26F2N4. The molecule has 4 nitrogen and oxygen atoms in total. The number of hydrogen-bond acceptors (Lipinski definition) is 3. The first-order chi connectivity index (χ1) is 16.1. The molecule has 0 saturated carbocycles. The third-order valence-electron chi connectivity index (χ3n) is 6.42. The SMILES string of the molecule is CN1CCN(C(c2cn[nH]c2)c2ccc(F)c(-c3ccc(-c4ccc(F)cc4)cc3)c2)CC1. The van der Waals surface area contributed by atoms with Crippen molar-refractivity contribution in [2.75, 3.05) is 33.2 Å². The highest BCUT2D eigenvalue weighted by molar-refractivity contribution is 5.71. The van der Waals surface area contributed by atoms with Crippen molar-refractivity contribution in [1.82, 2.24) is 20.0 Å². The van der Waals surface area contributed by atoms with Crippen molar-refractivity contribution in [3.05, 3.63) is 102 Å². The van der Waals surface area contributed by atoms with Gasteiger partial charge >= 0.3 is 0 Å². The van der Waals surface area contributed by atoms with E-state index in [-0.39, 0.29) is 17.7 Å². The first-order valence-corrected chi connectivity index (χ1v) is 11.2. The van der Waals surface area contributed by atoms with Crippen LogP contribution in [0.2, 0.25) is 0 Å². The number of hydrogen-bond donors (Lipinski definition) is 1. The van der Waals surface area contributed by atoms with Crippen LogP contribution in [0.1, 0.15) is 17.2 Å². The largest absolute Gasteiger partial charge is 0.304 e. The summed E-state index contributed by atoms with van der Waals surface area (Å²) in [5.41, 5.74) is 5.38. The number of nitrogens with one attached hydrogen (secondary N) is 1. The van der Waals surface area contributed by atoms with E-state index in [4.69, 9.17) is 0 Å². The molecule has 1 atom stereocenters. The van der Waals surface area contributed by atoms with Gasteiger partial charge in [-0.15, -0.1) is 0 Å². The second-order valence-corrected chi connectivity index (χ2v) is 8.60. The van der Waals surface area contributed by atoms with Crippen molar-refractivity contribution >= 4 is 0 Å². The number of H-pyrrole nitrogens is 1. The molecule has 1 unspecified atom stereocenters. The molecule has 0 spiro atoms. The van der Waals surface area contributed by atoms with Gasteiger partial charge in [0.1, 0.15) is 11.6 Å². The summed E-state index contributed by atoms with van der Waals surface area (Å²) < 4.78 is 28.2. The van der Waals surface area contributed by atoms with Crippen LogP contribution in [0.4, 0.5) is 8.78 Å². The first kappa shape index (κ1) is 21.5. The van der Waals surface area contributed by atoms with Gasteiger partial charge in [0.2, 0.25) is 0 Å². The van der Waals surface area contributed by atoms with Gasteiger partial charge in [-0.1, -0.05) is 42.5 Å². The fraction of sp³-hybridized carbons (Fsp3) is 0.222. The number of rotatable bonds is 5. The molecule has 4 aromatic rings. The summed E-state index contributed by atoms with van der Waals surface area (Å²) in [7, 11) is 2.13. The average molecular weight is 445 g/mol. The fourth-order valence-corrected chi connectivity index (χ4v) is 4.52. The van der Waals surface area contributed by atoms with Crippen LogP contribution in [-0.2, 0) is 0 Å². The summed E-state index contributed by atoms with van der Waals surface area (Å²) in [5.74, 6) is -0.514. The molecule has 1 N–H and O–H groups in total. The van der Waals surface area contributed by atoms with Crippen LogP contribution >= 0.6 is 0 Å². The van der Waals surface area contributed by atoms with Gasteiger partial charge in [0.25, 0.3) is 0 Å². The normalized spacial score (nSPS) is 16.1. The van der Waals surface area contributed by atoms with Crippen molar-refractivity contribution in [3.8, 4) is 22.3 Å². The Morgan fingerprint density at radius 3 is 2.06 bits per heavy atom. The Hall–Kier alpha value is -3.35. The Kier molecular flexibility index (Phi) is 6.03. The van der Waals surface area contributed by atoms with E-state index in [9.17, 15) is 8.78 Å². The van der Waals surface area contributed by atoms with Gasteiger partial charge in [0.05, 0.1) is 12.2 Å². The van der Waals surface area contributed by atoms with Crippen LogP contribution in [-0.4, -0.2) is 53.2 Å². The lowest BCUT2D eigenvalue weighted by Crippen LogP contribution is -2.46. The van der Waals surface area contributed by atoms with Crippen LogP contribution in [0.15, 0.2) is 79.1 Å². The van der Waals surface area contributed by atoms with Crippen molar-refractivity contribution < 1.29 is 8.78 Å². The second kappa shape index (κ2) is 9.25. The number of aromatic amines is 1. The van der Waals surface area contributed by atoms with Crippen molar-refractivity contribution in [3.63, 3.8) is 0 Å². The summed E-state index contributed by atoms with van der Waals surface area (Å²) >= 11 is 0. The van der Waals surface area contributed by atoms with E-state index in [2.05, 4.69) is 27.0 Å². The summed E-state index contributed by atoms with van der Waals surface area (Å²) in [4.78, 5) is 4.75. The Morgan fingerprint density at radius 2 is 1.42 bits per heavy atom. The molecule has 1 aliphatic heterocycles. The number of halogens is 2. The van der Waals surface area contributed by atoms with E-state index in [1.165, 1.54) is 12.1 Å². The quantitative estimate of drug-likeness (QED) is 0.450. The summed E-state index contributed by atoms with van der Waals surface area (Å²) in [6.07, 6.45) is 3.77. The minimum atomic E-state index is -0.262. The molecule has 6 heteroatoms. The van der Waals surface area contributed by atoms with Gasteiger partial charge in [0.15, 0.2) is 0 Å². The molecular weight excluding hydrogens is 418 g/mol. The predicted octanol–water partition coefficient (Wildman–Crippen LogP) is 5.36. The standard InChI is InChI=1S/C27H26F2N4/c1-32-12-14-33(15-13-32)27(23-17-30-31-18-23)22-8-11-26(29)25(16-22)21-4-2-19(3-5-21)20-6-9-24(28)10-7-20/h2-11,16-18,27H,12-15H2,1H3,(H,30,31). The Bertz CT molecular complexity index is 1200. The van der Waals surface area contributed by atoms with Gasteiger partial charge in [0, 0.05) is 43.5 Å². The highest BCUT2D eigenvalue weighted by Gasteiger charge is 2.27. The Morgan fingerprint density at radius 1 is 0.788 bits per heavy atom. The number of likely N-dealkylation sites (N-methyl/N-ethyl adjacent to an activating group) is 1. The van der Waals surface area contributed by atoms with E-state index in [1.54, 1.807) is 18.2 Å². The Balaban J connectivity index is 1.48. The third kappa shape index (κ3) is 4.58. The van der Waals surface area contributed by atoms with Gasteiger partial charge in [-0.2, -0.15) is 5.10 Å². The molecule has 2 heterocycles. The fourth-order valence-electron chi connectivity index (χ4n) is 4.52. The first-order valence-electron chi connectivity index (χ1n) is 11.2. The lowest BCUT2D eigenvalue weighted by atomic mass is 9.94. The molecule has 1 saturated heterocycles. The van der Waals surface area contributed by atoms with E-state index >= 15 is 0 Å². The topological polar surface area (TPSA) is 35.2 Å². The maximum absolute atomic E-state index is 14.9. The zero-order valence-electron chi connectivity index (χ0n) is 18.5. The van der Waals surface area contributed by atoms with Crippen molar-refractivity contribution in [1.29, 1.82) is 0 Å². The minimum absolute atomic E-state index is 0.00953. The molecule has 168 valence electrons. The number of nitrogens with zero attached hydrogens (tertiary/aromatic N) is 3. The van der Waals surface area contributed by atoms with Crippen LogP contribution in [0, 0.1) is 11.6 Å². The van der Waals surface area contributed by atoms with Gasteiger partial charge in [-0.05, 0) is 53.6 Å². The van der Waals surface area contributed by atoms with E-state index in [0.29, 0.717) is 5.56 Å². The molecule has 1 fully saturated rings. The highest BCUT2D eigenvalue weighted by atomic mass is 19.1. The highest BCUT2D eigenvalue weighted by Crippen LogP contribution is 2.34. The summed E-state index contributed by atoms with van der Waals surface area (Å²) in [5, 5.41) is 7.09. The molecule has 5 rings (SSSR count). The third-order valence-corrected chi connectivity index (χ3v) is 6.42. The molecule has 3 aromatic carbocycles. The molecule has 1 aliphatic rings. The van der Waals surface area contributed by atoms with Gasteiger partial charge < -0.3 is 4.90 Å². The summed E-state index contributed by atoms with van der Waals surface area (Å²) in [6.45, 7) is 3.86. The molecule has 0 amide bonds. The average Bonchev–Trinajstić information content (AvgIpc) is 3.37. The lowest BCUT2D eigenvalue weighted by molar-refractivity contribution is 0.127. The van der Waals surface area contributed by atoms with Crippen molar-refractivity contribution in [2.24, 2.45) is 0 Å². The van der Waals surface area contributed by atoms with Crippen LogP contribution < -0.4 is 0 Å². The van der Waals surface area contributed by atoms with Crippen molar-refractivity contribution in [2.45, 2.75) is 6.04 Å². The van der Waals surface area contributed by atoms with Gasteiger partial charge in [-0.25, -0.2) is 8.78 Å². The zero-order valence-corrected chi connectivity index (χ0v) is 18.5. The molecule has 33 heavy (non-hydrogen) atoms. The molecule has 0 aliphatic carbocycles. The summed E-state index contributed by atoms with van der Waals surface area (Å²) in [6, 6.07) is 19.5. The number of aromatic nitrogens is 2. The number of piperazine rings is 1. The van der Waals surface area contributed by atoms with Crippen LogP contribution in [0.3, 0.4) is 0 Å². The predicted molar refractivity (Wildman–Crippen MR) is 127 cm³/mol. The smallest absolute Gasteiger partial charge is 0.131 e. The van der Waals surface area contributed by atoms with Crippen LogP contribution in [0.5, 0.6) is 0 Å². The number of benzene rings is 3. The van der Waals surface area contributed by atoms with E-state index < -0.39 is 0 Å². The van der Waals surface area contributed by atoms with Gasteiger partial charge in [-0.3, -0.25) is 10.00 Å². The lowest BCUT2D eigenvalue weighted by Gasteiger charge is -2.38. The minimum Gasteiger partial charge on any atom is -0.304 e. The van der Waals surface area contributed by atoms with Crippen LogP contribution in [0.25, 0.3) is 22.3 Å². The zero-order chi connectivity index (χ0) is 22.8. The molecule has 1 aromatic heterocycles. The van der Waals surface area contributed by atoms with E-state index in [1.807, 2.05) is 48.8 Å². The monoisotopic (exact) mass is 444 g/mol. The second-order valence-electron chi connectivity index (χ2n) is 8.60. The van der Waals surface area contributed by atoms with E-state index in [0.717, 1.165) is 54.0 Å².